The summed E-state index contributed by atoms with van der Waals surface area (Å²) in [6, 6.07) is 6.37. The number of carbonyl (C=O) groups excluding carboxylic acids is 1. The van der Waals surface area contributed by atoms with Crippen molar-refractivity contribution in [3.05, 3.63) is 64.6 Å². The maximum absolute atomic E-state index is 12.9. The molecule has 0 bridgehead atoms. The van der Waals surface area contributed by atoms with Gasteiger partial charge in [-0.3, -0.25) is 4.79 Å². The quantitative estimate of drug-likeness (QED) is 0.660. The highest BCUT2D eigenvalue weighted by Crippen LogP contribution is 2.27. The second kappa shape index (κ2) is 8.44. The van der Waals surface area contributed by atoms with Crippen LogP contribution in [-0.4, -0.2) is 45.5 Å². The fourth-order valence-corrected chi connectivity index (χ4v) is 3.56. The number of amides is 1. The number of aromatic nitrogens is 2. The standard InChI is InChI=1S/C22H28N4O2/c1-5-17-8-6-7-15(2)18(17)13-24-20-16(3)19(22(28)25(4)11-12-27)14-26-10-9-23-21(20)26/h6-10,14,24,27H,5,11-13H2,1-4H3. The number of aliphatic hydroxyl groups excluding tert-OH is 1. The number of carbonyl (C=O) groups is 1. The van der Waals surface area contributed by atoms with E-state index in [2.05, 4.69) is 42.3 Å². The highest BCUT2D eigenvalue weighted by atomic mass is 16.3. The van der Waals surface area contributed by atoms with Crippen LogP contribution >= 0.6 is 0 Å². The molecule has 0 saturated heterocycles. The molecule has 28 heavy (non-hydrogen) atoms. The highest BCUT2D eigenvalue weighted by Gasteiger charge is 2.19. The Morgan fingerprint density at radius 2 is 2.11 bits per heavy atom. The number of nitrogens with zero attached hydrogens (tertiary/aromatic N) is 3. The normalized spacial score (nSPS) is 11.0. The van der Waals surface area contributed by atoms with Gasteiger partial charge in [0.2, 0.25) is 0 Å². The fourth-order valence-electron chi connectivity index (χ4n) is 3.56. The van der Waals surface area contributed by atoms with Crippen LogP contribution in [0.1, 0.15) is 39.5 Å². The molecule has 3 rings (SSSR count). The second-order valence-corrected chi connectivity index (χ2v) is 7.07. The number of likely N-dealkylation sites (N-methyl/N-ethyl adjacent to an activating group) is 1. The zero-order valence-electron chi connectivity index (χ0n) is 17.0. The first-order chi connectivity index (χ1) is 13.5. The molecule has 6 nitrogen and oxygen atoms in total. The van der Waals surface area contributed by atoms with Crippen molar-refractivity contribution < 1.29 is 9.90 Å². The van der Waals surface area contributed by atoms with Crippen molar-refractivity contribution in [1.82, 2.24) is 14.3 Å². The molecule has 0 unspecified atom stereocenters. The molecule has 0 spiro atoms. The zero-order chi connectivity index (χ0) is 20.3. The fraction of sp³-hybridized carbons (Fsp3) is 0.364. The molecule has 3 aromatic rings. The second-order valence-electron chi connectivity index (χ2n) is 7.07. The highest BCUT2D eigenvalue weighted by molar-refractivity contribution is 5.98. The molecule has 0 radical (unpaired) electrons. The summed E-state index contributed by atoms with van der Waals surface area (Å²) in [6.45, 7) is 7.13. The predicted octanol–water partition coefficient (Wildman–Crippen LogP) is 3.19. The van der Waals surface area contributed by atoms with Gasteiger partial charge in [0.25, 0.3) is 5.91 Å². The Labute approximate surface area is 165 Å². The van der Waals surface area contributed by atoms with Gasteiger partial charge in [0.1, 0.15) is 0 Å². The van der Waals surface area contributed by atoms with Gasteiger partial charge in [-0.2, -0.15) is 0 Å². The summed E-state index contributed by atoms with van der Waals surface area (Å²) < 4.78 is 1.87. The molecule has 0 aliphatic rings. The Morgan fingerprint density at radius 1 is 1.32 bits per heavy atom. The van der Waals surface area contributed by atoms with Crippen molar-refractivity contribution in [3.8, 4) is 0 Å². The topological polar surface area (TPSA) is 69.9 Å². The molecule has 0 aliphatic carbocycles. The Kier molecular flexibility index (Phi) is 5.99. The summed E-state index contributed by atoms with van der Waals surface area (Å²) in [5, 5.41) is 12.7. The zero-order valence-corrected chi connectivity index (χ0v) is 17.0. The number of rotatable bonds is 7. The predicted molar refractivity (Wildman–Crippen MR) is 112 cm³/mol. The molecular formula is C22H28N4O2. The number of pyridine rings is 1. The minimum absolute atomic E-state index is 0.0627. The van der Waals surface area contributed by atoms with E-state index in [4.69, 9.17) is 5.11 Å². The Hall–Kier alpha value is -2.86. The van der Waals surface area contributed by atoms with Crippen LogP contribution in [0, 0.1) is 13.8 Å². The van der Waals surface area contributed by atoms with Crippen LogP contribution in [0.4, 0.5) is 5.69 Å². The van der Waals surface area contributed by atoms with Gasteiger partial charge in [-0.05, 0) is 42.5 Å². The molecule has 148 valence electrons. The SMILES string of the molecule is CCc1cccc(C)c1CNc1c(C)c(C(=O)N(C)CCO)cn2ccnc12. The maximum Gasteiger partial charge on any atom is 0.255 e. The van der Waals surface area contributed by atoms with Gasteiger partial charge >= 0.3 is 0 Å². The first kappa shape index (κ1) is 19.9. The van der Waals surface area contributed by atoms with Crippen LogP contribution in [-0.2, 0) is 13.0 Å². The number of hydrogen-bond acceptors (Lipinski definition) is 4. The number of fused-ring (bicyclic) bond motifs is 1. The van der Waals surface area contributed by atoms with Crippen LogP contribution in [0.25, 0.3) is 5.65 Å². The number of hydrogen-bond donors (Lipinski definition) is 2. The van der Waals surface area contributed by atoms with Gasteiger partial charge in [-0.1, -0.05) is 25.1 Å². The molecular weight excluding hydrogens is 352 g/mol. The van der Waals surface area contributed by atoms with Crippen molar-refractivity contribution in [2.75, 3.05) is 25.5 Å². The Bertz CT molecular complexity index is 994. The van der Waals surface area contributed by atoms with Crippen LogP contribution in [0.5, 0.6) is 0 Å². The molecule has 2 N–H and O–H groups in total. The van der Waals surface area contributed by atoms with Crippen molar-refractivity contribution >= 4 is 17.2 Å². The number of imidazole rings is 1. The van der Waals surface area contributed by atoms with Crippen LogP contribution in [0.2, 0.25) is 0 Å². The van der Waals surface area contributed by atoms with E-state index in [1.807, 2.05) is 23.7 Å². The minimum Gasteiger partial charge on any atom is -0.395 e. The maximum atomic E-state index is 12.9. The number of aliphatic hydroxyl groups is 1. The van der Waals surface area contributed by atoms with E-state index in [1.165, 1.54) is 21.6 Å². The van der Waals surface area contributed by atoms with Crippen LogP contribution in [0.15, 0.2) is 36.8 Å². The molecule has 6 heteroatoms. The van der Waals surface area contributed by atoms with Crippen LogP contribution in [0.3, 0.4) is 0 Å². The minimum atomic E-state index is -0.115. The van der Waals surface area contributed by atoms with E-state index in [0.717, 1.165) is 23.3 Å². The first-order valence-electron chi connectivity index (χ1n) is 9.61. The molecule has 0 fully saturated rings. The third-order valence-corrected chi connectivity index (χ3v) is 5.28. The molecule has 2 aromatic heterocycles. The molecule has 0 aliphatic heterocycles. The van der Waals surface area contributed by atoms with E-state index in [0.29, 0.717) is 18.7 Å². The van der Waals surface area contributed by atoms with Crippen molar-refractivity contribution in [2.45, 2.75) is 33.7 Å². The van der Waals surface area contributed by atoms with Crippen molar-refractivity contribution in [2.24, 2.45) is 0 Å². The number of anilines is 1. The Morgan fingerprint density at radius 3 is 2.82 bits per heavy atom. The van der Waals surface area contributed by atoms with Gasteiger partial charge in [0.15, 0.2) is 5.65 Å². The van der Waals surface area contributed by atoms with E-state index < -0.39 is 0 Å². The van der Waals surface area contributed by atoms with E-state index >= 15 is 0 Å². The molecule has 0 atom stereocenters. The monoisotopic (exact) mass is 380 g/mol. The molecule has 1 amide bonds. The largest absolute Gasteiger partial charge is 0.395 e. The summed E-state index contributed by atoms with van der Waals surface area (Å²) in [5.41, 5.74) is 6.97. The van der Waals surface area contributed by atoms with Gasteiger partial charge < -0.3 is 19.7 Å². The summed E-state index contributed by atoms with van der Waals surface area (Å²) in [5.74, 6) is -0.115. The van der Waals surface area contributed by atoms with Gasteiger partial charge in [-0.15, -0.1) is 0 Å². The third kappa shape index (κ3) is 3.73. The third-order valence-electron chi connectivity index (χ3n) is 5.28. The van der Waals surface area contributed by atoms with Crippen molar-refractivity contribution in [3.63, 3.8) is 0 Å². The average molecular weight is 380 g/mol. The average Bonchev–Trinajstić information content (AvgIpc) is 3.15. The summed E-state index contributed by atoms with van der Waals surface area (Å²) in [7, 11) is 1.70. The molecule has 2 heterocycles. The summed E-state index contributed by atoms with van der Waals surface area (Å²) in [4.78, 5) is 18.9. The summed E-state index contributed by atoms with van der Waals surface area (Å²) >= 11 is 0. The van der Waals surface area contributed by atoms with Crippen molar-refractivity contribution in [1.29, 1.82) is 0 Å². The number of aryl methyl sites for hydroxylation is 2. The van der Waals surface area contributed by atoms with Crippen LogP contribution < -0.4 is 5.32 Å². The number of benzene rings is 1. The molecule has 0 saturated carbocycles. The first-order valence-corrected chi connectivity index (χ1v) is 9.61. The van der Waals surface area contributed by atoms with E-state index in [-0.39, 0.29) is 12.5 Å². The lowest BCUT2D eigenvalue weighted by Crippen LogP contribution is -2.30. The lowest BCUT2D eigenvalue weighted by atomic mass is 9.99. The molecule has 1 aromatic carbocycles. The lowest BCUT2D eigenvalue weighted by Gasteiger charge is -2.20. The number of nitrogens with one attached hydrogen (secondary N) is 1. The van der Waals surface area contributed by atoms with Gasteiger partial charge in [-0.25, -0.2) is 4.98 Å². The summed E-state index contributed by atoms with van der Waals surface area (Å²) in [6.07, 6.45) is 6.36. The van der Waals surface area contributed by atoms with E-state index in [9.17, 15) is 4.79 Å². The lowest BCUT2D eigenvalue weighted by molar-refractivity contribution is 0.0766. The van der Waals surface area contributed by atoms with Gasteiger partial charge in [0, 0.05) is 38.7 Å². The van der Waals surface area contributed by atoms with Gasteiger partial charge in [0.05, 0.1) is 17.9 Å². The van der Waals surface area contributed by atoms with E-state index in [1.54, 1.807) is 13.2 Å². The Balaban J connectivity index is 2.00. The smallest absolute Gasteiger partial charge is 0.255 e.